The fraction of sp³-hybridized carbons (Fsp3) is 0.667. The third-order valence-corrected chi connectivity index (χ3v) is 5.46. The number of carbonyl (C=O) groups is 3. The molecule has 0 aromatic carbocycles. The molecule has 4 heterocycles. The molecule has 7 heteroatoms. The molecular formula is C15H17NO6. The van der Waals surface area contributed by atoms with E-state index in [1.807, 2.05) is 13.0 Å². The number of hydrogen-bond acceptors (Lipinski definition) is 5. The standard InChI is InChI=1S/C15H17NO6/c1-7(8-3-5-21-14(8)20)16-6-15-4-2-9(22-15)10(13(18)19)11(15)12(16)17/h2,4,7-11H,3,5-6H2,1H3,(H,18,19). The number of cyclic esters (lactones) is 1. The van der Waals surface area contributed by atoms with Crippen molar-refractivity contribution in [1.29, 1.82) is 0 Å². The van der Waals surface area contributed by atoms with E-state index in [-0.39, 0.29) is 23.8 Å². The number of rotatable bonds is 3. The molecule has 4 aliphatic rings. The van der Waals surface area contributed by atoms with Crippen molar-refractivity contribution in [3.63, 3.8) is 0 Å². The first-order valence-electron chi connectivity index (χ1n) is 7.52. The maximum Gasteiger partial charge on any atom is 0.311 e. The summed E-state index contributed by atoms with van der Waals surface area (Å²) in [6, 6.07) is -0.312. The summed E-state index contributed by atoms with van der Waals surface area (Å²) in [7, 11) is 0. The summed E-state index contributed by atoms with van der Waals surface area (Å²) >= 11 is 0. The first-order chi connectivity index (χ1) is 10.4. The van der Waals surface area contributed by atoms with Gasteiger partial charge in [-0.25, -0.2) is 0 Å². The molecule has 0 radical (unpaired) electrons. The molecule has 0 aliphatic carbocycles. The zero-order valence-corrected chi connectivity index (χ0v) is 12.1. The highest BCUT2D eigenvalue weighted by molar-refractivity contribution is 5.91. The van der Waals surface area contributed by atoms with Gasteiger partial charge in [-0.2, -0.15) is 0 Å². The normalized spacial score (nSPS) is 43.6. The Kier molecular flexibility index (Phi) is 2.70. The van der Waals surface area contributed by atoms with E-state index in [1.165, 1.54) is 0 Å². The average molecular weight is 307 g/mol. The molecule has 6 unspecified atom stereocenters. The smallest absolute Gasteiger partial charge is 0.311 e. The highest BCUT2D eigenvalue weighted by Gasteiger charge is 2.67. The lowest BCUT2D eigenvalue weighted by Crippen LogP contribution is -2.44. The van der Waals surface area contributed by atoms with Crippen LogP contribution in [-0.2, 0) is 23.9 Å². The van der Waals surface area contributed by atoms with Crippen LogP contribution in [0.15, 0.2) is 12.2 Å². The minimum Gasteiger partial charge on any atom is -0.481 e. The van der Waals surface area contributed by atoms with Gasteiger partial charge in [-0.3, -0.25) is 14.4 Å². The molecule has 4 rings (SSSR count). The van der Waals surface area contributed by atoms with Crippen LogP contribution in [0, 0.1) is 17.8 Å². The Balaban J connectivity index is 1.63. The SMILES string of the molecule is CC(C1CCOC1=O)N1CC23C=CC(O2)C(C(=O)O)C3C1=O. The fourth-order valence-electron chi connectivity index (χ4n) is 4.32. The van der Waals surface area contributed by atoms with Gasteiger partial charge in [0.15, 0.2) is 0 Å². The van der Waals surface area contributed by atoms with Crippen LogP contribution in [0.1, 0.15) is 13.3 Å². The lowest BCUT2D eigenvalue weighted by molar-refractivity contribution is -0.150. The van der Waals surface area contributed by atoms with E-state index >= 15 is 0 Å². The van der Waals surface area contributed by atoms with Crippen LogP contribution < -0.4 is 0 Å². The van der Waals surface area contributed by atoms with Crippen molar-refractivity contribution >= 4 is 17.8 Å². The van der Waals surface area contributed by atoms with Crippen molar-refractivity contribution < 1.29 is 29.0 Å². The molecule has 22 heavy (non-hydrogen) atoms. The van der Waals surface area contributed by atoms with Crippen LogP contribution in [0.3, 0.4) is 0 Å². The van der Waals surface area contributed by atoms with Gasteiger partial charge >= 0.3 is 11.9 Å². The molecule has 3 saturated heterocycles. The average Bonchev–Trinajstić information content (AvgIpc) is 3.19. The van der Waals surface area contributed by atoms with Crippen LogP contribution in [0.5, 0.6) is 0 Å². The molecule has 2 bridgehead atoms. The van der Waals surface area contributed by atoms with Crippen molar-refractivity contribution in [2.45, 2.75) is 31.1 Å². The maximum absolute atomic E-state index is 12.8. The third kappa shape index (κ3) is 1.57. The summed E-state index contributed by atoms with van der Waals surface area (Å²) in [6.07, 6.45) is 3.61. The predicted octanol–water partition coefficient (Wildman–Crippen LogP) is -0.195. The largest absolute Gasteiger partial charge is 0.481 e. The van der Waals surface area contributed by atoms with Crippen LogP contribution >= 0.6 is 0 Å². The number of likely N-dealkylation sites (tertiary alicyclic amines) is 1. The number of carboxylic acid groups (broad SMARTS) is 1. The van der Waals surface area contributed by atoms with Crippen LogP contribution in [-0.4, -0.2) is 58.8 Å². The maximum atomic E-state index is 12.8. The number of aliphatic carboxylic acids is 1. The van der Waals surface area contributed by atoms with Crippen LogP contribution in [0.25, 0.3) is 0 Å². The van der Waals surface area contributed by atoms with Gasteiger partial charge in [-0.1, -0.05) is 12.2 Å². The second kappa shape index (κ2) is 4.32. The van der Waals surface area contributed by atoms with Gasteiger partial charge < -0.3 is 19.5 Å². The monoisotopic (exact) mass is 307 g/mol. The number of ether oxygens (including phenoxy) is 2. The number of carbonyl (C=O) groups excluding carboxylic acids is 2. The number of hydrogen-bond donors (Lipinski definition) is 1. The summed E-state index contributed by atoms with van der Waals surface area (Å²) in [5.74, 6) is -3.41. The molecule has 7 nitrogen and oxygen atoms in total. The molecule has 1 amide bonds. The summed E-state index contributed by atoms with van der Waals surface area (Å²) in [4.78, 5) is 37.6. The molecule has 6 atom stereocenters. The molecule has 1 spiro atoms. The van der Waals surface area contributed by atoms with Gasteiger partial charge in [0.25, 0.3) is 0 Å². The van der Waals surface area contributed by atoms with Gasteiger partial charge in [-0.05, 0) is 13.3 Å². The minimum atomic E-state index is -1.01. The first-order valence-corrected chi connectivity index (χ1v) is 7.52. The van der Waals surface area contributed by atoms with Crippen molar-refractivity contribution in [2.24, 2.45) is 17.8 Å². The summed E-state index contributed by atoms with van der Waals surface area (Å²) in [6.45, 7) is 2.50. The molecular weight excluding hydrogens is 290 g/mol. The Bertz CT molecular complexity index is 601. The van der Waals surface area contributed by atoms with E-state index in [1.54, 1.807) is 11.0 Å². The highest BCUT2D eigenvalue weighted by Crippen LogP contribution is 2.52. The first kappa shape index (κ1) is 13.8. The molecule has 3 fully saturated rings. The van der Waals surface area contributed by atoms with Crippen LogP contribution in [0.4, 0.5) is 0 Å². The Morgan fingerprint density at radius 3 is 2.91 bits per heavy atom. The quantitative estimate of drug-likeness (QED) is 0.573. The van der Waals surface area contributed by atoms with E-state index < -0.39 is 29.5 Å². The van der Waals surface area contributed by atoms with Gasteiger partial charge in [0.1, 0.15) is 11.5 Å². The molecule has 118 valence electrons. The zero-order valence-electron chi connectivity index (χ0n) is 12.1. The van der Waals surface area contributed by atoms with E-state index in [9.17, 15) is 19.5 Å². The lowest BCUT2D eigenvalue weighted by Gasteiger charge is -2.29. The van der Waals surface area contributed by atoms with E-state index in [2.05, 4.69) is 0 Å². The number of fused-ring (bicyclic) bond motifs is 1. The Morgan fingerprint density at radius 1 is 1.50 bits per heavy atom. The zero-order chi connectivity index (χ0) is 15.6. The van der Waals surface area contributed by atoms with Gasteiger partial charge in [-0.15, -0.1) is 0 Å². The number of nitrogens with zero attached hydrogens (tertiary/aromatic N) is 1. The van der Waals surface area contributed by atoms with Crippen molar-refractivity contribution in [3.8, 4) is 0 Å². The fourth-order valence-corrected chi connectivity index (χ4v) is 4.32. The highest BCUT2D eigenvalue weighted by atomic mass is 16.5. The van der Waals surface area contributed by atoms with E-state index in [0.717, 1.165) is 0 Å². The Labute approximate surface area is 126 Å². The minimum absolute atomic E-state index is 0.230. The van der Waals surface area contributed by atoms with E-state index in [4.69, 9.17) is 9.47 Å². The van der Waals surface area contributed by atoms with Gasteiger partial charge in [0.05, 0.1) is 31.1 Å². The topological polar surface area (TPSA) is 93.1 Å². The summed E-state index contributed by atoms with van der Waals surface area (Å²) in [5, 5.41) is 9.42. The van der Waals surface area contributed by atoms with Crippen molar-refractivity contribution in [2.75, 3.05) is 13.2 Å². The molecule has 0 saturated carbocycles. The van der Waals surface area contributed by atoms with Crippen molar-refractivity contribution in [3.05, 3.63) is 12.2 Å². The summed E-state index contributed by atoms with van der Waals surface area (Å²) in [5.41, 5.74) is -0.846. The van der Waals surface area contributed by atoms with Crippen LogP contribution in [0.2, 0.25) is 0 Å². The van der Waals surface area contributed by atoms with Gasteiger partial charge in [0.2, 0.25) is 5.91 Å². The van der Waals surface area contributed by atoms with E-state index in [0.29, 0.717) is 19.6 Å². The molecule has 1 N–H and O–H groups in total. The van der Waals surface area contributed by atoms with Gasteiger partial charge in [0, 0.05) is 6.04 Å². The second-order valence-electron chi connectivity index (χ2n) is 6.51. The summed E-state index contributed by atoms with van der Waals surface area (Å²) < 4.78 is 10.8. The third-order valence-electron chi connectivity index (χ3n) is 5.46. The number of carboxylic acids is 1. The number of amides is 1. The molecule has 4 aliphatic heterocycles. The van der Waals surface area contributed by atoms with Crippen molar-refractivity contribution in [1.82, 2.24) is 4.90 Å². The number of esters is 1. The Morgan fingerprint density at radius 2 is 2.27 bits per heavy atom. The predicted molar refractivity (Wildman–Crippen MR) is 71.6 cm³/mol. The molecule has 0 aromatic heterocycles. The lowest BCUT2D eigenvalue weighted by atomic mass is 9.77. The second-order valence-corrected chi connectivity index (χ2v) is 6.51. The Hall–Kier alpha value is -1.89. The molecule has 0 aromatic rings.